The van der Waals surface area contributed by atoms with Gasteiger partial charge in [0, 0.05) is 19.3 Å². The molecule has 2 aromatic rings. The van der Waals surface area contributed by atoms with Gasteiger partial charge in [-0.2, -0.15) is 0 Å². The van der Waals surface area contributed by atoms with Crippen LogP contribution < -0.4 is 15.4 Å². The van der Waals surface area contributed by atoms with Gasteiger partial charge in [-0.1, -0.05) is 30.3 Å². The van der Waals surface area contributed by atoms with Gasteiger partial charge in [-0.3, -0.25) is 0 Å². The third kappa shape index (κ3) is 3.53. The molecule has 0 bridgehead atoms. The average molecular weight is 305 g/mol. The molecule has 0 amide bonds. The van der Waals surface area contributed by atoms with Crippen molar-refractivity contribution in [1.82, 2.24) is 4.72 Å². The quantitative estimate of drug-likeness (QED) is 0.826. The maximum atomic E-state index is 11.8. The van der Waals surface area contributed by atoms with Gasteiger partial charge in [-0.15, -0.1) is 0 Å². The molecule has 0 aromatic heterocycles. The third-order valence-corrected chi connectivity index (χ3v) is 4.74. The van der Waals surface area contributed by atoms with Gasteiger partial charge in [0.05, 0.1) is 5.69 Å². The lowest BCUT2D eigenvalue weighted by Crippen LogP contribution is -2.21. The second-order valence-corrected chi connectivity index (χ2v) is 6.63. The lowest BCUT2D eigenvalue weighted by Gasteiger charge is -2.20. The van der Waals surface area contributed by atoms with Crippen LogP contribution in [0.4, 0.5) is 11.4 Å². The summed E-state index contributed by atoms with van der Waals surface area (Å²) in [5.41, 5.74) is 8.14. The summed E-state index contributed by atoms with van der Waals surface area (Å²) < 4.78 is 25.8. The highest BCUT2D eigenvalue weighted by molar-refractivity contribution is 7.89. The molecule has 2 aromatic carbocycles. The summed E-state index contributed by atoms with van der Waals surface area (Å²) in [6, 6.07) is 15.0. The zero-order valence-electron chi connectivity index (χ0n) is 12.1. The molecular formula is C15H19N3O2S. The number of hydrogen-bond donors (Lipinski definition) is 2. The van der Waals surface area contributed by atoms with E-state index < -0.39 is 10.0 Å². The first-order chi connectivity index (χ1) is 9.94. The maximum absolute atomic E-state index is 11.8. The van der Waals surface area contributed by atoms with E-state index in [0.717, 1.165) is 12.2 Å². The van der Waals surface area contributed by atoms with Gasteiger partial charge < -0.3 is 10.6 Å². The Labute approximate surface area is 125 Å². The van der Waals surface area contributed by atoms with Crippen molar-refractivity contribution in [2.45, 2.75) is 11.4 Å². The minimum absolute atomic E-state index is 0.0989. The number of hydrogen-bond acceptors (Lipinski definition) is 4. The van der Waals surface area contributed by atoms with Crippen molar-refractivity contribution in [1.29, 1.82) is 0 Å². The Balaban J connectivity index is 2.24. The minimum atomic E-state index is -3.52. The van der Waals surface area contributed by atoms with Gasteiger partial charge in [0.1, 0.15) is 4.90 Å². The normalized spacial score (nSPS) is 11.3. The summed E-state index contributed by atoms with van der Waals surface area (Å²) in [6.45, 7) is 0.721. The van der Waals surface area contributed by atoms with Gasteiger partial charge in [0.2, 0.25) is 10.0 Å². The van der Waals surface area contributed by atoms with E-state index >= 15 is 0 Å². The lowest BCUT2D eigenvalue weighted by molar-refractivity contribution is 0.588. The average Bonchev–Trinajstić information content (AvgIpc) is 2.48. The Kier molecular flexibility index (Phi) is 4.50. The van der Waals surface area contributed by atoms with Gasteiger partial charge in [-0.05, 0) is 30.8 Å². The Morgan fingerprint density at radius 3 is 2.38 bits per heavy atom. The molecule has 21 heavy (non-hydrogen) atoms. The molecule has 0 aliphatic carbocycles. The highest BCUT2D eigenvalue weighted by atomic mass is 32.2. The van der Waals surface area contributed by atoms with Crippen molar-refractivity contribution in [3.63, 3.8) is 0 Å². The van der Waals surface area contributed by atoms with Crippen LogP contribution in [0.15, 0.2) is 53.4 Å². The number of benzene rings is 2. The molecule has 0 atom stereocenters. The van der Waals surface area contributed by atoms with E-state index in [0.29, 0.717) is 0 Å². The zero-order valence-corrected chi connectivity index (χ0v) is 12.9. The Bertz CT molecular complexity index is 715. The van der Waals surface area contributed by atoms with Crippen molar-refractivity contribution in [2.75, 3.05) is 24.7 Å². The van der Waals surface area contributed by atoms with E-state index in [2.05, 4.69) is 4.72 Å². The molecule has 0 fully saturated rings. The van der Waals surface area contributed by atoms with Gasteiger partial charge in [0.25, 0.3) is 0 Å². The molecule has 0 saturated carbocycles. The molecule has 0 aliphatic rings. The zero-order chi connectivity index (χ0) is 15.5. The molecule has 0 heterocycles. The number of nitrogens with two attached hydrogens (primary N) is 1. The summed E-state index contributed by atoms with van der Waals surface area (Å²) in [5.74, 6) is 0. The van der Waals surface area contributed by atoms with Crippen LogP contribution >= 0.6 is 0 Å². The number of rotatable bonds is 5. The molecule has 0 spiro atoms. The van der Waals surface area contributed by atoms with E-state index in [-0.39, 0.29) is 10.6 Å². The summed E-state index contributed by atoms with van der Waals surface area (Å²) in [7, 11) is -0.220. The number of anilines is 2. The Hall–Kier alpha value is -2.05. The first-order valence-corrected chi connectivity index (χ1v) is 8.00. The topological polar surface area (TPSA) is 75.4 Å². The van der Waals surface area contributed by atoms with E-state index in [1.54, 1.807) is 12.1 Å². The molecule has 5 nitrogen and oxygen atoms in total. The minimum Gasteiger partial charge on any atom is -0.398 e. The molecule has 0 aliphatic heterocycles. The van der Waals surface area contributed by atoms with Crippen LogP contribution in [0.2, 0.25) is 0 Å². The molecule has 112 valence electrons. The predicted molar refractivity (Wildman–Crippen MR) is 85.6 cm³/mol. The second kappa shape index (κ2) is 6.15. The molecular weight excluding hydrogens is 286 g/mol. The molecule has 2 rings (SSSR count). The fraction of sp³-hybridized carbons (Fsp3) is 0.200. The first kappa shape index (κ1) is 15.3. The van der Waals surface area contributed by atoms with Crippen molar-refractivity contribution in [3.05, 3.63) is 54.1 Å². The number of nitrogens with zero attached hydrogens (tertiary/aromatic N) is 1. The fourth-order valence-electron chi connectivity index (χ4n) is 2.08. The standard InChI is InChI=1S/C15H19N3O2S/c1-17-21(19,20)15-9-8-13(10-14(15)16)18(2)11-12-6-4-3-5-7-12/h3-10,17H,11,16H2,1-2H3. The Morgan fingerprint density at radius 1 is 1.14 bits per heavy atom. The molecule has 0 unspecified atom stereocenters. The largest absolute Gasteiger partial charge is 0.398 e. The van der Waals surface area contributed by atoms with Crippen molar-refractivity contribution in [3.8, 4) is 0 Å². The maximum Gasteiger partial charge on any atom is 0.242 e. The fourth-order valence-corrected chi connectivity index (χ4v) is 2.91. The molecule has 6 heteroatoms. The van der Waals surface area contributed by atoms with Gasteiger partial charge in [-0.25, -0.2) is 13.1 Å². The monoisotopic (exact) mass is 305 g/mol. The smallest absolute Gasteiger partial charge is 0.242 e. The summed E-state index contributed by atoms with van der Waals surface area (Å²) >= 11 is 0. The van der Waals surface area contributed by atoms with Gasteiger partial charge in [0.15, 0.2) is 0 Å². The third-order valence-electron chi connectivity index (χ3n) is 3.25. The predicted octanol–water partition coefficient (Wildman–Crippen LogP) is 1.81. The van der Waals surface area contributed by atoms with Crippen LogP contribution in [-0.4, -0.2) is 22.5 Å². The molecule has 0 radical (unpaired) electrons. The van der Waals surface area contributed by atoms with E-state index in [1.807, 2.05) is 42.3 Å². The van der Waals surface area contributed by atoms with Crippen LogP contribution in [0, 0.1) is 0 Å². The van der Waals surface area contributed by atoms with Crippen LogP contribution in [-0.2, 0) is 16.6 Å². The number of nitrogens with one attached hydrogen (secondary N) is 1. The molecule has 3 N–H and O–H groups in total. The van der Waals surface area contributed by atoms with E-state index in [4.69, 9.17) is 5.73 Å². The highest BCUT2D eigenvalue weighted by Gasteiger charge is 2.16. The van der Waals surface area contributed by atoms with Crippen LogP contribution in [0.1, 0.15) is 5.56 Å². The van der Waals surface area contributed by atoms with Gasteiger partial charge >= 0.3 is 0 Å². The summed E-state index contributed by atoms with van der Waals surface area (Å²) in [5, 5.41) is 0. The van der Waals surface area contributed by atoms with Crippen molar-refractivity contribution < 1.29 is 8.42 Å². The lowest BCUT2D eigenvalue weighted by atomic mass is 10.2. The first-order valence-electron chi connectivity index (χ1n) is 6.52. The van der Waals surface area contributed by atoms with E-state index in [1.165, 1.54) is 18.7 Å². The number of sulfonamides is 1. The van der Waals surface area contributed by atoms with Crippen LogP contribution in [0.5, 0.6) is 0 Å². The second-order valence-electron chi connectivity index (χ2n) is 4.77. The summed E-state index contributed by atoms with van der Waals surface area (Å²) in [6.07, 6.45) is 0. The van der Waals surface area contributed by atoms with Crippen LogP contribution in [0.3, 0.4) is 0 Å². The van der Waals surface area contributed by atoms with Crippen molar-refractivity contribution in [2.24, 2.45) is 0 Å². The Morgan fingerprint density at radius 2 is 1.81 bits per heavy atom. The van der Waals surface area contributed by atoms with E-state index in [9.17, 15) is 8.42 Å². The number of nitrogen functional groups attached to an aromatic ring is 1. The molecule has 0 saturated heterocycles. The van der Waals surface area contributed by atoms with Crippen LogP contribution in [0.25, 0.3) is 0 Å². The van der Waals surface area contributed by atoms with Crippen molar-refractivity contribution >= 4 is 21.4 Å². The SMILES string of the molecule is CNS(=O)(=O)c1ccc(N(C)Cc2ccccc2)cc1N. The summed E-state index contributed by atoms with van der Waals surface area (Å²) in [4.78, 5) is 2.11. The highest BCUT2D eigenvalue weighted by Crippen LogP contribution is 2.25.